The normalized spacial score (nSPS) is 20.2. The Morgan fingerprint density at radius 1 is 1.00 bits per heavy atom. The molecule has 1 fully saturated rings. The van der Waals surface area contributed by atoms with Gasteiger partial charge in [-0.25, -0.2) is 0 Å². The molecule has 24 heavy (non-hydrogen) atoms. The molecule has 0 radical (unpaired) electrons. The predicted octanol–water partition coefficient (Wildman–Crippen LogP) is 3.70. The van der Waals surface area contributed by atoms with Crippen LogP contribution in [-0.2, 0) is 11.2 Å². The largest absolute Gasteiger partial charge is 0.327 e. The Bertz CT molecular complexity index is 891. The van der Waals surface area contributed by atoms with Crippen LogP contribution in [0.3, 0.4) is 0 Å². The highest BCUT2D eigenvalue weighted by Crippen LogP contribution is 2.31. The summed E-state index contributed by atoms with van der Waals surface area (Å²) in [5, 5.41) is 8.41. The molecule has 3 nitrogen and oxygen atoms in total. The van der Waals surface area contributed by atoms with E-state index >= 15 is 0 Å². The van der Waals surface area contributed by atoms with Crippen LogP contribution in [0, 0.1) is 0 Å². The molecule has 0 aromatic heterocycles. The van der Waals surface area contributed by atoms with Crippen LogP contribution in [0.25, 0.3) is 21.5 Å². The lowest BCUT2D eigenvalue weighted by atomic mass is 9.92. The van der Waals surface area contributed by atoms with Gasteiger partial charge >= 0.3 is 0 Å². The fraction of sp³-hybridized carbons (Fsp3) is 0.286. The summed E-state index contributed by atoms with van der Waals surface area (Å²) in [7, 11) is 1.87. The van der Waals surface area contributed by atoms with E-state index in [2.05, 4.69) is 59.9 Å². The second kappa shape index (κ2) is 5.32. The number of hydrogen-bond donors (Lipinski definition) is 1. The summed E-state index contributed by atoms with van der Waals surface area (Å²) < 4.78 is 0. The van der Waals surface area contributed by atoms with Gasteiger partial charge in [-0.05, 0) is 53.4 Å². The number of fused-ring (bicyclic) bond motifs is 2. The zero-order valence-corrected chi connectivity index (χ0v) is 14.3. The Labute approximate surface area is 142 Å². The van der Waals surface area contributed by atoms with Gasteiger partial charge in [0, 0.05) is 7.05 Å². The maximum Gasteiger partial charge on any atom is 0.241 e. The van der Waals surface area contributed by atoms with Gasteiger partial charge in [-0.3, -0.25) is 10.1 Å². The summed E-state index contributed by atoms with van der Waals surface area (Å²) in [6.45, 7) is 4.10. The van der Waals surface area contributed by atoms with Crippen LogP contribution in [0.5, 0.6) is 0 Å². The molecule has 0 spiro atoms. The quantitative estimate of drug-likeness (QED) is 0.731. The molecule has 0 bridgehead atoms. The maximum atomic E-state index is 12.7. The van der Waals surface area contributed by atoms with Crippen LogP contribution in [0.4, 0.5) is 0 Å². The van der Waals surface area contributed by atoms with E-state index in [4.69, 9.17) is 0 Å². The first-order valence-corrected chi connectivity index (χ1v) is 8.42. The molecule has 1 saturated heterocycles. The fourth-order valence-electron chi connectivity index (χ4n) is 3.76. The van der Waals surface area contributed by atoms with Crippen molar-refractivity contribution in [1.29, 1.82) is 0 Å². The Morgan fingerprint density at radius 3 is 2.04 bits per heavy atom. The van der Waals surface area contributed by atoms with Crippen LogP contribution in [-0.4, -0.2) is 29.6 Å². The van der Waals surface area contributed by atoms with Crippen LogP contribution in [0.2, 0.25) is 0 Å². The third-order valence-electron chi connectivity index (χ3n) is 5.29. The molecule has 0 saturated carbocycles. The molecule has 1 heterocycles. The SMILES string of the molecule is CN1C(=O)[C@H](Cc2c3ccccc3cc3ccccc23)NC1(C)C. The molecule has 1 atom stereocenters. The average Bonchev–Trinajstić information content (AvgIpc) is 2.77. The van der Waals surface area contributed by atoms with Crippen molar-refractivity contribution in [2.24, 2.45) is 0 Å². The topological polar surface area (TPSA) is 32.3 Å². The third-order valence-corrected chi connectivity index (χ3v) is 5.29. The van der Waals surface area contributed by atoms with Crippen molar-refractivity contribution in [3.05, 3.63) is 60.2 Å². The van der Waals surface area contributed by atoms with E-state index in [0.717, 1.165) is 0 Å². The van der Waals surface area contributed by atoms with Gasteiger partial charge in [-0.2, -0.15) is 0 Å². The fourth-order valence-corrected chi connectivity index (χ4v) is 3.76. The third kappa shape index (κ3) is 2.28. The molecule has 0 unspecified atom stereocenters. The maximum absolute atomic E-state index is 12.7. The number of carbonyl (C=O) groups is 1. The predicted molar refractivity (Wildman–Crippen MR) is 98.9 cm³/mol. The van der Waals surface area contributed by atoms with Crippen molar-refractivity contribution >= 4 is 27.5 Å². The summed E-state index contributed by atoms with van der Waals surface area (Å²) in [6.07, 6.45) is 0.703. The molecule has 1 aliphatic heterocycles. The van der Waals surface area contributed by atoms with E-state index < -0.39 is 0 Å². The Balaban J connectivity index is 1.87. The molecule has 3 aromatic rings. The molecule has 1 N–H and O–H groups in total. The second-order valence-electron chi connectivity index (χ2n) is 7.15. The number of nitrogens with one attached hydrogen (secondary N) is 1. The molecule has 3 heteroatoms. The van der Waals surface area contributed by atoms with E-state index in [0.29, 0.717) is 6.42 Å². The summed E-state index contributed by atoms with van der Waals surface area (Å²) >= 11 is 0. The lowest BCUT2D eigenvalue weighted by Crippen LogP contribution is -2.45. The number of carbonyl (C=O) groups excluding carboxylic acids is 1. The molecular weight excluding hydrogens is 296 g/mol. The first-order valence-electron chi connectivity index (χ1n) is 8.42. The lowest BCUT2D eigenvalue weighted by molar-refractivity contribution is -0.129. The van der Waals surface area contributed by atoms with Gasteiger partial charge in [0.25, 0.3) is 0 Å². The van der Waals surface area contributed by atoms with Gasteiger partial charge < -0.3 is 4.90 Å². The van der Waals surface area contributed by atoms with Crippen molar-refractivity contribution in [3.8, 4) is 0 Å². The number of hydrogen-bond acceptors (Lipinski definition) is 2. The van der Waals surface area contributed by atoms with Crippen molar-refractivity contribution in [3.63, 3.8) is 0 Å². The first kappa shape index (κ1) is 15.2. The number of nitrogens with zero attached hydrogens (tertiary/aromatic N) is 1. The average molecular weight is 318 g/mol. The first-order chi connectivity index (χ1) is 11.5. The van der Waals surface area contributed by atoms with Crippen LogP contribution in [0.1, 0.15) is 19.4 Å². The van der Waals surface area contributed by atoms with Gasteiger partial charge in [0.2, 0.25) is 5.91 Å². The Morgan fingerprint density at radius 2 is 1.54 bits per heavy atom. The number of amides is 1. The van der Waals surface area contributed by atoms with Gasteiger partial charge in [-0.15, -0.1) is 0 Å². The minimum atomic E-state index is -0.303. The number of benzene rings is 3. The standard InChI is InChI=1S/C21H22N2O/c1-21(2)22-19(20(24)23(21)3)13-18-16-10-6-4-8-14(16)12-15-9-5-7-11-17(15)18/h4-12,19,22H,13H2,1-3H3/t19-/m0/s1. The number of rotatable bonds is 2. The summed E-state index contributed by atoms with van der Waals surface area (Å²) in [4.78, 5) is 14.5. The van der Waals surface area contributed by atoms with Crippen LogP contribution in [0.15, 0.2) is 54.6 Å². The Hall–Kier alpha value is -2.39. The summed E-state index contributed by atoms with van der Waals surface area (Å²) in [5.41, 5.74) is 0.947. The summed E-state index contributed by atoms with van der Waals surface area (Å²) in [6, 6.07) is 18.9. The number of likely N-dealkylation sites (N-methyl/N-ethyl adjacent to an activating group) is 1. The Kier molecular flexibility index (Phi) is 3.36. The van der Waals surface area contributed by atoms with Crippen molar-refractivity contribution in [2.75, 3.05) is 7.05 Å². The highest BCUT2D eigenvalue weighted by Gasteiger charge is 2.41. The minimum absolute atomic E-state index is 0.164. The second-order valence-corrected chi connectivity index (χ2v) is 7.15. The van der Waals surface area contributed by atoms with Crippen LogP contribution < -0.4 is 5.32 Å². The smallest absolute Gasteiger partial charge is 0.241 e. The monoisotopic (exact) mass is 318 g/mol. The lowest BCUT2D eigenvalue weighted by Gasteiger charge is -2.27. The zero-order valence-electron chi connectivity index (χ0n) is 14.3. The van der Waals surface area contributed by atoms with Crippen molar-refractivity contribution < 1.29 is 4.79 Å². The van der Waals surface area contributed by atoms with Gasteiger partial charge in [-0.1, -0.05) is 48.5 Å². The molecule has 1 amide bonds. The van der Waals surface area contributed by atoms with E-state index in [1.54, 1.807) is 0 Å². The van der Waals surface area contributed by atoms with Gasteiger partial charge in [0.1, 0.15) is 0 Å². The molecule has 4 rings (SSSR count). The van der Waals surface area contributed by atoms with E-state index in [1.807, 2.05) is 25.8 Å². The minimum Gasteiger partial charge on any atom is -0.327 e. The highest BCUT2D eigenvalue weighted by atomic mass is 16.2. The molecule has 3 aromatic carbocycles. The van der Waals surface area contributed by atoms with Crippen LogP contribution >= 0.6 is 0 Å². The molecule has 122 valence electrons. The van der Waals surface area contributed by atoms with E-state index in [1.165, 1.54) is 27.1 Å². The molecule has 1 aliphatic rings. The van der Waals surface area contributed by atoms with E-state index in [9.17, 15) is 4.79 Å². The van der Waals surface area contributed by atoms with Gasteiger partial charge in [0.15, 0.2) is 0 Å². The van der Waals surface area contributed by atoms with E-state index in [-0.39, 0.29) is 17.6 Å². The zero-order chi connectivity index (χ0) is 16.9. The van der Waals surface area contributed by atoms with Crippen molar-refractivity contribution in [2.45, 2.75) is 32.0 Å². The van der Waals surface area contributed by atoms with Gasteiger partial charge in [0.05, 0.1) is 11.7 Å². The van der Waals surface area contributed by atoms with Crippen molar-refractivity contribution in [1.82, 2.24) is 10.2 Å². The molecular formula is C21H22N2O. The molecule has 0 aliphatic carbocycles. The summed E-state index contributed by atoms with van der Waals surface area (Å²) in [5.74, 6) is 0.164. The highest BCUT2D eigenvalue weighted by molar-refractivity contribution is 6.02.